The maximum absolute atomic E-state index is 11.4. The summed E-state index contributed by atoms with van der Waals surface area (Å²) < 4.78 is 27.7. The van der Waals surface area contributed by atoms with Crippen LogP contribution in [-0.4, -0.2) is 19.6 Å². The zero-order valence-electron chi connectivity index (χ0n) is 6.77. The van der Waals surface area contributed by atoms with Crippen LogP contribution in [0.1, 0.15) is 12.8 Å². The molecule has 0 saturated heterocycles. The summed E-state index contributed by atoms with van der Waals surface area (Å²) in [6, 6.07) is 0. The third-order valence-corrected chi connectivity index (χ3v) is 3.49. The average Bonchev–Trinajstić information content (AvgIpc) is 2.06. The van der Waals surface area contributed by atoms with Crippen molar-refractivity contribution < 1.29 is 13.2 Å². The van der Waals surface area contributed by atoms with E-state index >= 15 is 0 Å². The molecule has 0 aromatic carbocycles. The van der Waals surface area contributed by atoms with Gasteiger partial charge in [0.2, 0.25) is 0 Å². The fourth-order valence-electron chi connectivity index (χ4n) is 1.05. The Kier molecular flexibility index (Phi) is 2.92. The van der Waals surface area contributed by atoms with E-state index < -0.39 is 15.3 Å². The van der Waals surface area contributed by atoms with E-state index in [1.165, 1.54) is 12.3 Å². The Morgan fingerprint density at radius 1 is 1.67 bits per heavy atom. The van der Waals surface area contributed by atoms with Crippen molar-refractivity contribution in [2.45, 2.75) is 18.3 Å². The number of allylic oxidation sites excluding steroid dienone is 1. The lowest BCUT2D eigenvalue weighted by Crippen LogP contribution is -2.26. The third-order valence-electron chi connectivity index (χ3n) is 1.65. The molecular weight excluding hydrogens is 176 g/mol. The first kappa shape index (κ1) is 9.32. The molecule has 12 heavy (non-hydrogen) atoms. The lowest BCUT2D eigenvalue weighted by atomic mass is 10.3. The molecule has 0 aromatic rings. The molecule has 68 valence electrons. The van der Waals surface area contributed by atoms with Gasteiger partial charge in [-0.25, -0.2) is 8.42 Å². The van der Waals surface area contributed by atoms with E-state index in [2.05, 4.69) is 6.58 Å². The normalized spacial score (nSPS) is 23.2. The number of rotatable bonds is 3. The van der Waals surface area contributed by atoms with Crippen LogP contribution in [0.15, 0.2) is 25.0 Å². The molecule has 1 unspecified atom stereocenters. The van der Waals surface area contributed by atoms with Crippen molar-refractivity contribution >= 4 is 9.84 Å². The summed E-state index contributed by atoms with van der Waals surface area (Å²) in [5.41, 5.74) is -0.666. The van der Waals surface area contributed by atoms with E-state index in [1.54, 1.807) is 0 Å². The van der Waals surface area contributed by atoms with Crippen LogP contribution in [0.3, 0.4) is 0 Å². The Balaban J connectivity index is 2.68. The molecular formula is C8H12O3S. The molecule has 1 aliphatic heterocycles. The summed E-state index contributed by atoms with van der Waals surface area (Å²) in [5.74, 6) is -0.00843. The van der Waals surface area contributed by atoms with Gasteiger partial charge < -0.3 is 4.74 Å². The molecule has 0 fully saturated rings. The lowest BCUT2D eigenvalue weighted by molar-refractivity contribution is 0.189. The Labute approximate surface area is 72.6 Å². The predicted molar refractivity (Wildman–Crippen MR) is 47.2 cm³/mol. The Bertz CT molecular complexity index is 277. The van der Waals surface area contributed by atoms with Crippen molar-refractivity contribution in [1.82, 2.24) is 0 Å². The molecule has 0 bridgehead atoms. The lowest BCUT2D eigenvalue weighted by Gasteiger charge is -2.18. The number of sulfone groups is 1. The van der Waals surface area contributed by atoms with Gasteiger partial charge in [-0.2, -0.15) is 0 Å². The SMILES string of the molecule is C=CCS(=O)(=O)C1CCC=CO1. The van der Waals surface area contributed by atoms with Gasteiger partial charge >= 0.3 is 0 Å². The van der Waals surface area contributed by atoms with E-state index in [-0.39, 0.29) is 5.75 Å². The molecule has 1 aliphatic rings. The zero-order chi connectivity index (χ0) is 9.03. The van der Waals surface area contributed by atoms with Crippen LogP contribution in [0.5, 0.6) is 0 Å². The summed E-state index contributed by atoms with van der Waals surface area (Å²) >= 11 is 0. The first-order chi connectivity index (χ1) is 5.67. The van der Waals surface area contributed by atoms with Crippen molar-refractivity contribution in [3.8, 4) is 0 Å². The Morgan fingerprint density at radius 3 is 2.92 bits per heavy atom. The van der Waals surface area contributed by atoms with Crippen molar-refractivity contribution in [3.05, 3.63) is 25.0 Å². The number of hydrogen-bond acceptors (Lipinski definition) is 3. The first-order valence-electron chi connectivity index (χ1n) is 3.80. The molecule has 1 atom stereocenters. The average molecular weight is 188 g/mol. The zero-order valence-corrected chi connectivity index (χ0v) is 7.59. The Hall–Kier alpha value is -0.770. The van der Waals surface area contributed by atoms with Gasteiger partial charge in [0.15, 0.2) is 15.3 Å². The molecule has 0 aromatic heterocycles. The molecule has 4 heteroatoms. The van der Waals surface area contributed by atoms with Gasteiger partial charge in [0.05, 0.1) is 12.0 Å². The van der Waals surface area contributed by atoms with E-state index in [4.69, 9.17) is 4.74 Å². The van der Waals surface area contributed by atoms with Crippen LogP contribution >= 0.6 is 0 Å². The van der Waals surface area contributed by atoms with E-state index in [9.17, 15) is 8.42 Å². The number of ether oxygens (including phenoxy) is 1. The molecule has 1 rings (SSSR count). The molecule has 0 radical (unpaired) electrons. The third kappa shape index (κ3) is 2.11. The quantitative estimate of drug-likeness (QED) is 0.626. The molecule has 0 amide bonds. The van der Waals surface area contributed by atoms with Gasteiger partial charge in [0.1, 0.15) is 0 Å². The van der Waals surface area contributed by atoms with Crippen LogP contribution in [-0.2, 0) is 14.6 Å². The highest BCUT2D eigenvalue weighted by atomic mass is 32.2. The summed E-state index contributed by atoms with van der Waals surface area (Å²) in [7, 11) is -3.12. The maximum Gasteiger partial charge on any atom is 0.198 e. The van der Waals surface area contributed by atoms with Crippen LogP contribution in [0.4, 0.5) is 0 Å². The summed E-state index contributed by atoms with van der Waals surface area (Å²) in [4.78, 5) is 0. The number of hydrogen-bond donors (Lipinski definition) is 0. The van der Waals surface area contributed by atoms with Gasteiger partial charge in [-0.05, 0) is 12.5 Å². The maximum atomic E-state index is 11.4. The standard InChI is InChI=1S/C8H12O3S/c1-2-7-12(9,10)8-5-3-4-6-11-8/h2,4,6,8H,1,3,5,7H2. The van der Waals surface area contributed by atoms with E-state index in [0.717, 1.165) is 6.42 Å². The van der Waals surface area contributed by atoms with Gasteiger partial charge in [-0.15, -0.1) is 6.58 Å². The van der Waals surface area contributed by atoms with Crippen molar-refractivity contribution in [2.24, 2.45) is 0 Å². The first-order valence-corrected chi connectivity index (χ1v) is 5.51. The second kappa shape index (κ2) is 3.76. The molecule has 1 heterocycles. The van der Waals surface area contributed by atoms with Crippen molar-refractivity contribution in [3.63, 3.8) is 0 Å². The fourth-order valence-corrected chi connectivity index (χ4v) is 2.32. The summed E-state index contributed by atoms with van der Waals surface area (Å²) in [5, 5.41) is 0. The summed E-state index contributed by atoms with van der Waals surface area (Å²) in [6.45, 7) is 3.39. The van der Waals surface area contributed by atoms with E-state index in [1.807, 2.05) is 6.08 Å². The molecule has 3 nitrogen and oxygen atoms in total. The fraction of sp³-hybridized carbons (Fsp3) is 0.500. The van der Waals surface area contributed by atoms with Gasteiger partial charge in [0.25, 0.3) is 0 Å². The van der Waals surface area contributed by atoms with Crippen molar-refractivity contribution in [2.75, 3.05) is 5.75 Å². The minimum absolute atomic E-state index is 0.00843. The molecule has 0 N–H and O–H groups in total. The smallest absolute Gasteiger partial charge is 0.198 e. The van der Waals surface area contributed by atoms with Gasteiger partial charge in [-0.3, -0.25) is 0 Å². The second-order valence-electron chi connectivity index (χ2n) is 2.63. The highest BCUT2D eigenvalue weighted by molar-refractivity contribution is 7.92. The minimum atomic E-state index is -3.12. The topological polar surface area (TPSA) is 43.4 Å². The second-order valence-corrected chi connectivity index (χ2v) is 4.82. The van der Waals surface area contributed by atoms with Gasteiger partial charge in [-0.1, -0.05) is 6.08 Å². The van der Waals surface area contributed by atoms with Crippen LogP contribution in [0.2, 0.25) is 0 Å². The largest absolute Gasteiger partial charge is 0.483 e. The predicted octanol–water partition coefficient (Wildman–Crippen LogP) is 1.24. The van der Waals surface area contributed by atoms with Crippen LogP contribution < -0.4 is 0 Å². The van der Waals surface area contributed by atoms with Crippen LogP contribution in [0.25, 0.3) is 0 Å². The molecule has 0 saturated carbocycles. The van der Waals surface area contributed by atoms with E-state index in [0.29, 0.717) is 6.42 Å². The van der Waals surface area contributed by atoms with Crippen molar-refractivity contribution in [1.29, 1.82) is 0 Å². The molecule has 0 aliphatic carbocycles. The minimum Gasteiger partial charge on any atom is -0.483 e. The Morgan fingerprint density at radius 2 is 2.42 bits per heavy atom. The van der Waals surface area contributed by atoms with Gasteiger partial charge in [0, 0.05) is 6.42 Å². The highest BCUT2D eigenvalue weighted by Gasteiger charge is 2.25. The van der Waals surface area contributed by atoms with Crippen LogP contribution in [0, 0.1) is 0 Å². The molecule has 0 spiro atoms. The summed E-state index contributed by atoms with van der Waals surface area (Å²) in [6.07, 6.45) is 5.97. The monoisotopic (exact) mass is 188 g/mol. The highest BCUT2D eigenvalue weighted by Crippen LogP contribution is 2.16.